The number of piperidine rings is 1. The predicted molar refractivity (Wildman–Crippen MR) is 107 cm³/mol. The van der Waals surface area contributed by atoms with Gasteiger partial charge in [-0.15, -0.1) is 4.80 Å². The van der Waals surface area contributed by atoms with Crippen molar-refractivity contribution in [3.05, 3.63) is 65.6 Å². The van der Waals surface area contributed by atoms with Crippen LogP contribution in [0.2, 0.25) is 0 Å². The van der Waals surface area contributed by atoms with E-state index in [4.69, 9.17) is 4.74 Å². The number of hydrogen-bond donors (Lipinski definition) is 0. The molecular weight excluding hydrogens is 461 g/mol. The van der Waals surface area contributed by atoms with Crippen LogP contribution in [0.15, 0.2) is 42.7 Å². The molecule has 3 heterocycles. The van der Waals surface area contributed by atoms with Crippen molar-refractivity contribution in [3.63, 3.8) is 0 Å². The number of rotatable bonds is 4. The summed E-state index contributed by atoms with van der Waals surface area (Å²) in [6.45, 7) is 1.87. The van der Waals surface area contributed by atoms with Crippen molar-refractivity contribution < 1.29 is 31.5 Å². The first-order chi connectivity index (χ1) is 16.1. The van der Waals surface area contributed by atoms with E-state index in [0.717, 1.165) is 10.9 Å². The van der Waals surface area contributed by atoms with Crippen LogP contribution in [-0.2, 0) is 6.18 Å². The highest BCUT2D eigenvalue weighted by Crippen LogP contribution is 2.45. The molecule has 0 radical (unpaired) electrons. The van der Waals surface area contributed by atoms with Crippen LogP contribution in [0.3, 0.4) is 0 Å². The van der Waals surface area contributed by atoms with Gasteiger partial charge in [-0.05, 0) is 43.9 Å². The number of nitrogens with zero attached hydrogens (tertiary/aromatic N) is 5. The van der Waals surface area contributed by atoms with Crippen molar-refractivity contribution >= 4 is 5.91 Å². The molecule has 2 fully saturated rings. The Morgan fingerprint density at radius 1 is 1.09 bits per heavy atom. The van der Waals surface area contributed by atoms with Crippen LogP contribution < -0.4 is 4.74 Å². The maximum atomic E-state index is 14.6. The Balaban J connectivity index is 1.42. The second-order valence-corrected chi connectivity index (χ2v) is 8.35. The van der Waals surface area contributed by atoms with Gasteiger partial charge in [0.1, 0.15) is 17.4 Å². The molecule has 5 rings (SSSR count). The first-order valence-corrected chi connectivity index (χ1v) is 10.5. The van der Waals surface area contributed by atoms with Crippen molar-refractivity contribution in [2.24, 2.45) is 5.92 Å². The number of alkyl halides is 3. The van der Waals surface area contributed by atoms with Gasteiger partial charge >= 0.3 is 6.18 Å². The molecule has 178 valence electrons. The first kappa shape index (κ1) is 22.2. The molecule has 1 aliphatic heterocycles. The monoisotopic (exact) mass is 479 g/mol. The molecule has 2 aliphatic rings. The number of pyridine rings is 1. The summed E-state index contributed by atoms with van der Waals surface area (Å²) < 4.78 is 72.7. The molecule has 1 saturated heterocycles. The Morgan fingerprint density at radius 3 is 2.47 bits per heavy atom. The third kappa shape index (κ3) is 3.66. The van der Waals surface area contributed by atoms with Gasteiger partial charge in [-0.1, -0.05) is 6.07 Å². The number of likely N-dealkylation sites (tertiary alicyclic amines) is 1. The summed E-state index contributed by atoms with van der Waals surface area (Å²) in [6.07, 6.45) is -1.63. The summed E-state index contributed by atoms with van der Waals surface area (Å²) in [5.74, 6) is -3.04. The Hall–Kier alpha value is -3.57. The molecule has 0 N–H and O–H groups in total. The minimum atomic E-state index is -4.87. The first-order valence-electron chi connectivity index (χ1n) is 10.5. The van der Waals surface area contributed by atoms with Crippen molar-refractivity contribution in [1.29, 1.82) is 0 Å². The molecule has 12 heteroatoms. The van der Waals surface area contributed by atoms with Crippen LogP contribution in [0.4, 0.5) is 22.0 Å². The highest BCUT2D eigenvalue weighted by molar-refractivity contribution is 5.98. The zero-order chi connectivity index (χ0) is 24.2. The number of para-hydroxylation sites is 1. The van der Waals surface area contributed by atoms with E-state index in [1.54, 1.807) is 4.90 Å². The second-order valence-electron chi connectivity index (χ2n) is 8.35. The van der Waals surface area contributed by atoms with Crippen molar-refractivity contribution in [3.8, 4) is 11.6 Å². The lowest BCUT2D eigenvalue weighted by Gasteiger charge is -2.38. The molecular formula is C22H18F5N5O2. The summed E-state index contributed by atoms with van der Waals surface area (Å²) >= 11 is 0. The lowest BCUT2D eigenvalue weighted by atomic mass is 9.98. The van der Waals surface area contributed by atoms with Gasteiger partial charge < -0.3 is 9.64 Å². The van der Waals surface area contributed by atoms with Gasteiger partial charge in [-0.2, -0.15) is 32.7 Å². The lowest BCUT2D eigenvalue weighted by molar-refractivity contribution is -0.140. The lowest BCUT2D eigenvalue weighted by Crippen LogP contribution is -2.51. The number of aromatic nitrogens is 4. The molecule has 2 bridgehead atoms. The van der Waals surface area contributed by atoms with E-state index in [1.807, 2.05) is 6.92 Å². The van der Waals surface area contributed by atoms with Crippen molar-refractivity contribution in [2.75, 3.05) is 0 Å². The van der Waals surface area contributed by atoms with Gasteiger partial charge in [0, 0.05) is 12.1 Å². The fourth-order valence-electron chi connectivity index (χ4n) is 4.90. The Labute approximate surface area is 190 Å². The number of carbonyl (C=O) groups excluding carboxylic acids is 1. The SMILES string of the molecule is C[C@@H]1[C@H]2C[C@@H](Oc3ccc(C(F)(F)F)c(F)n3)[C@H](C2)N1C(=O)c1cccc(F)c1-n1nccn1. The zero-order valence-electron chi connectivity index (χ0n) is 17.7. The van der Waals surface area contributed by atoms with Gasteiger partial charge in [0.05, 0.1) is 24.0 Å². The van der Waals surface area contributed by atoms with E-state index in [9.17, 15) is 26.7 Å². The minimum absolute atomic E-state index is 0.0538. The van der Waals surface area contributed by atoms with Crippen LogP contribution in [0, 0.1) is 17.7 Å². The smallest absolute Gasteiger partial charge is 0.420 e. The van der Waals surface area contributed by atoms with Crippen LogP contribution in [0.1, 0.15) is 35.7 Å². The number of hydrogen-bond acceptors (Lipinski definition) is 5. The average Bonchev–Trinajstić information content (AvgIpc) is 3.49. The minimum Gasteiger partial charge on any atom is -0.472 e. The molecule has 4 atom stereocenters. The van der Waals surface area contributed by atoms with Gasteiger partial charge in [-0.3, -0.25) is 4.79 Å². The molecule has 2 aromatic heterocycles. The summed E-state index contributed by atoms with van der Waals surface area (Å²) in [5, 5.41) is 7.87. The zero-order valence-corrected chi connectivity index (χ0v) is 17.7. The molecule has 3 aromatic rings. The molecule has 1 aliphatic carbocycles. The van der Waals surface area contributed by atoms with Crippen LogP contribution in [0.5, 0.6) is 5.88 Å². The third-order valence-corrected chi connectivity index (χ3v) is 6.46. The Morgan fingerprint density at radius 2 is 1.82 bits per heavy atom. The van der Waals surface area contributed by atoms with E-state index < -0.39 is 41.6 Å². The topological polar surface area (TPSA) is 73.1 Å². The predicted octanol–water partition coefficient (Wildman–Crippen LogP) is 4.03. The highest BCUT2D eigenvalue weighted by atomic mass is 19.4. The van der Waals surface area contributed by atoms with Crippen molar-refractivity contribution in [1.82, 2.24) is 24.9 Å². The molecule has 34 heavy (non-hydrogen) atoms. The second kappa shape index (κ2) is 8.03. The van der Waals surface area contributed by atoms with E-state index in [2.05, 4.69) is 15.2 Å². The van der Waals surface area contributed by atoms with Crippen LogP contribution >= 0.6 is 0 Å². The summed E-state index contributed by atoms with van der Waals surface area (Å²) in [5.41, 5.74) is -1.51. The number of halogens is 5. The third-order valence-electron chi connectivity index (χ3n) is 6.46. The average molecular weight is 479 g/mol. The summed E-state index contributed by atoms with van der Waals surface area (Å²) in [7, 11) is 0. The molecule has 1 aromatic carbocycles. The number of fused-ring (bicyclic) bond motifs is 2. The fourth-order valence-corrected chi connectivity index (χ4v) is 4.90. The largest absolute Gasteiger partial charge is 0.472 e. The number of carbonyl (C=O) groups is 1. The molecule has 1 amide bonds. The molecule has 0 spiro atoms. The highest BCUT2D eigenvalue weighted by Gasteiger charge is 2.53. The maximum Gasteiger partial charge on any atom is 0.420 e. The van der Waals surface area contributed by atoms with Gasteiger partial charge in [0.15, 0.2) is 5.82 Å². The number of benzene rings is 1. The van der Waals surface area contributed by atoms with E-state index >= 15 is 0 Å². The van der Waals surface area contributed by atoms with E-state index in [-0.39, 0.29) is 29.1 Å². The quantitative estimate of drug-likeness (QED) is 0.418. The maximum absolute atomic E-state index is 14.6. The summed E-state index contributed by atoms with van der Waals surface area (Å²) in [4.78, 5) is 19.5. The Kier molecular flexibility index (Phi) is 5.25. The van der Waals surface area contributed by atoms with Crippen LogP contribution in [0.25, 0.3) is 5.69 Å². The van der Waals surface area contributed by atoms with Crippen LogP contribution in [-0.4, -0.2) is 49.0 Å². The molecule has 1 saturated carbocycles. The molecule has 0 unspecified atom stereocenters. The summed E-state index contributed by atoms with van der Waals surface area (Å²) in [6, 6.07) is 5.00. The number of amides is 1. The standard InChI is InChI=1S/C22H18F5N5O2/c1-11-12-9-16(17(10-12)34-18-6-5-14(20(24)30-18)22(25,26)27)31(11)21(33)13-3-2-4-15(23)19(13)32-28-7-8-29-32/h2-8,11-12,16-17H,9-10H2,1H3/t11-,12-,16+,17-/m1/s1. The van der Waals surface area contributed by atoms with E-state index in [1.165, 1.54) is 30.6 Å². The number of ether oxygens (including phenoxy) is 1. The molecule has 7 nitrogen and oxygen atoms in total. The van der Waals surface area contributed by atoms with Gasteiger partial charge in [0.25, 0.3) is 5.91 Å². The van der Waals surface area contributed by atoms with Crippen molar-refractivity contribution in [2.45, 2.75) is 44.1 Å². The normalized spacial score (nSPS) is 24.0. The fraction of sp³-hybridized carbons (Fsp3) is 0.364. The van der Waals surface area contributed by atoms with E-state index in [0.29, 0.717) is 18.9 Å². The van der Waals surface area contributed by atoms with Gasteiger partial charge in [-0.25, -0.2) is 4.39 Å². The van der Waals surface area contributed by atoms with Gasteiger partial charge in [0.2, 0.25) is 11.8 Å². The Bertz CT molecular complexity index is 1230.